The van der Waals surface area contributed by atoms with Gasteiger partial charge in [0.1, 0.15) is 11.4 Å². The molecule has 0 radical (unpaired) electrons. The highest BCUT2D eigenvalue weighted by atomic mass is 35.5. The largest absolute Gasteiger partial charge is 0.507 e. The predicted octanol–water partition coefficient (Wildman–Crippen LogP) is 4.46. The average molecular weight is 343 g/mol. The van der Waals surface area contributed by atoms with Crippen molar-refractivity contribution in [2.75, 3.05) is 0 Å². The molecular weight excluding hydrogens is 337 g/mol. The van der Waals surface area contributed by atoms with Crippen LogP contribution in [-0.4, -0.2) is 20.2 Å². The van der Waals surface area contributed by atoms with Crippen LogP contribution < -0.4 is 0 Å². The van der Waals surface area contributed by atoms with Gasteiger partial charge in [0.2, 0.25) is 5.82 Å². The molecule has 0 saturated carbocycles. The van der Waals surface area contributed by atoms with Crippen LogP contribution in [0, 0.1) is 0 Å². The van der Waals surface area contributed by atoms with Gasteiger partial charge in [0, 0.05) is 11.2 Å². The van der Waals surface area contributed by atoms with Gasteiger partial charge in [0.15, 0.2) is 0 Å². The summed E-state index contributed by atoms with van der Waals surface area (Å²) in [6, 6.07) is 6.04. The zero-order valence-electron chi connectivity index (χ0n) is 10.2. The minimum atomic E-state index is -0.0234. The fourth-order valence-corrected chi connectivity index (χ4v) is 2.32. The van der Waals surface area contributed by atoms with Crippen molar-refractivity contribution in [3.05, 3.63) is 45.5 Å². The smallest absolute Gasteiger partial charge is 0.262 e. The van der Waals surface area contributed by atoms with Crippen LogP contribution in [-0.2, 0) is 0 Å². The number of phenols is 1. The molecule has 0 aliphatic heterocycles. The van der Waals surface area contributed by atoms with Crippen molar-refractivity contribution in [2.45, 2.75) is 0 Å². The molecule has 106 valence electrons. The first-order valence-electron chi connectivity index (χ1n) is 5.68. The molecule has 21 heavy (non-hydrogen) atoms. The summed E-state index contributed by atoms with van der Waals surface area (Å²) in [6.07, 6.45) is 1.43. The van der Waals surface area contributed by atoms with Crippen LogP contribution in [0.5, 0.6) is 5.75 Å². The Hall–Kier alpha value is -1.82. The highest BCUT2D eigenvalue weighted by Gasteiger charge is 2.17. The summed E-state index contributed by atoms with van der Waals surface area (Å²) in [5.74, 6) is 0.272. The van der Waals surface area contributed by atoms with Crippen LogP contribution in [0.3, 0.4) is 0 Å². The molecule has 2 aromatic heterocycles. The number of pyridine rings is 1. The van der Waals surface area contributed by atoms with Gasteiger partial charge in [-0.05, 0) is 24.3 Å². The second-order valence-corrected chi connectivity index (χ2v) is 5.35. The highest BCUT2D eigenvalue weighted by molar-refractivity contribution is 6.35. The van der Waals surface area contributed by atoms with E-state index in [9.17, 15) is 5.11 Å². The number of aromatic hydroxyl groups is 1. The van der Waals surface area contributed by atoms with Crippen molar-refractivity contribution in [1.82, 2.24) is 15.1 Å². The summed E-state index contributed by atoms with van der Waals surface area (Å²) >= 11 is 17.7. The third-order valence-electron chi connectivity index (χ3n) is 2.63. The molecule has 0 spiro atoms. The summed E-state index contributed by atoms with van der Waals surface area (Å²) in [5.41, 5.74) is 0.656. The number of nitrogens with zero attached hydrogens (tertiary/aromatic N) is 3. The number of rotatable bonds is 2. The molecule has 0 fully saturated rings. The van der Waals surface area contributed by atoms with E-state index < -0.39 is 0 Å². The molecule has 1 aromatic carbocycles. The van der Waals surface area contributed by atoms with E-state index in [-0.39, 0.29) is 17.5 Å². The monoisotopic (exact) mass is 341 g/mol. The topological polar surface area (TPSA) is 72.0 Å². The Kier molecular flexibility index (Phi) is 3.71. The summed E-state index contributed by atoms with van der Waals surface area (Å²) < 4.78 is 5.11. The van der Waals surface area contributed by atoms with Crippen molar-refractivity contribution in [3.8, 4) is 28.7 Å². The molecule has 0 saturated heterocycles. The molecule has 5 nitrogen and oxygen atoms in total. The second-order valence-electron chi connectivity index (χ2n) is 4.07. The lowest BCUT2D eigenvalue weighted by Crippen LogP contribution is -1.87. The van der Waals surface area contributed by atoms with Gasteiger partial charge in [0.25, 0.3) is 5.89 Å². The molecule has 0 unspecified atom stereocenters. The van der Waals surface area contributed by atoms with Gasteiger partial charge in [-0.25, -0.2) is 4.98 Å². The number of hydrogen-bond acceptors (Lipinski definition) is 5. The van der Waals surface area contributed by atoms with E-state index in [0.29, 0.717) is 26.3 Å². The van der Waals surface area contributed by atoms with E-state index in [4.69, 9.17) is 39.3 Å². The summed E-state index contributed by atoms with van der Waals surface area (Å²) in [6.45, 7) is 0. The normalized spacial score (nSPS) is 10.8. The Morgan fingerprint density at radius 1 is 1.05 bits per heavy atom. The Balaban J connectivity index is 2.06. The third kappa shape index (κ3) is 2.81. The van der Waals surface area contributed by atoms with Crippen molar-refractivity contribution in [1.29, 1.82) is 0 Å². The van der Waals surface area contributed by atoms with Gasteiger partial charge in [-0.3, -0.25) is 0 Å². The molecule has 0 aliphatic rings. The fraction of sp³-hybridized carbons (Fsp3) is 0. The number of halogens is 3. The van der Waals surface area contributed by atoms with E-state index in [0.717, 1.165) is 0 Å². The van der Waals surface area contributed by atoms with E-state index in [1.807, 2.05) is 0 Å². The highest BCUT2D eigenvalue weighted by Crippen LogP contribution is 2.33. The maximum absolute atomic E-state index is 9.81. The standard InChI is InChI=1S/C13H6Cl3N3O2/c14-6-1-2-10(20)8(3-6)13-18-12(19-21-13)11-9(16)4-7(15)5-17-11/h1-5,20H. The zero-order chi connectivity index (χ0) is 15.0. The first kappa shape index (κ1) is 14.1. The van der Waals surface area contributed by atoms with Crippen LogP contribution in [0.25, 0.3) is 23.0 Å². The molecule has 0 amide bonds. The second kappa shape index (κ2) is 5.52. The molecular formula is C13H6Cl3N3O2. The molecule has 1 N–H and O–H groups in total. The SMILES string of the molecule is Oc1ccc(Cl)cc1-c1nc(-c2ncc(Cl)cc2Cl)no1. The predicted molar refractivity (Wildman–Crippen MR) is 79.7 cm³/mol. The van der Waals surface area contributed by atoms with Crippen LogP contribution in [0.1, 0.15) is 0 Å². The van der Waals surface area contributed by atoms with E-state index >= 15 is 0 Å². The maximum Gasteiger partial charge on any atom is 0.262 e. The lowest BCUT2D eigenvalue weighted by Gasteiger charge is -1.99. The van der Waals surface area contributed by atoms with Crippen molar-refractivity contribution in [3.63, 3.8) is 0 Å². The minimum Gasteiger partial charge on any atom is -0.507 e. The Morgan fingerprint density at radius 2 is 1.86 bits per heavy atom. The Bertz CT molecular complexity index is 820. The molecule has 0 bridgehead atoms. The van der Waals surface area contributed by atoms with Gasteiger partial charge >= 0.3 is 0 Å². The van der Waals surface area contributed by atoms with Crippen LogP contribution in [0.4, 0.5) is 0 Å². The first-order chi connectivity index (χ1) is 10.0. The van der Waals surface area contributed by atoms with Crippen LogP contribution >= 0.6 is 34.8 Å². The molecule has 3 aromatic rings. The van der Waals surface area contributed by atoms with Gasteiger partial charge in [-0.15, -0.1) is 0 Å². The number of hydrogen-bond donors (Lipinski definition) is 1. The number of benzene rings is 1. The van der Waals surface area contributed by atoms with Gasteiger partial charge in [-0.2, -0.15) is 4.98 Å². The minimum absolute atomic E-state index is 0.0234. The zero-order valence-corrected chi connectivity index (χ0v) is 12.5. The fourth-order valence-electron chi connectivity index (χ4n) is 1.69. The Labute approximate surface area is 134 Å². The lowest BCUT2D eigenvalue weighted by atomic mass is 10.2. The number of phenolic OH excluding ortho intramolecular Hbond substituents is 1. The average Bonchev–Trinajstić information content (AvgIpc) is 2.91. The van der Waals surface area contributed by atoms with Gasteiger partial charge < -0.3 is 9.63 Å². The van der Waals surface area contributed by atoms with E-state index in [2.05, 4.69) is 15.1 Å². The summed E-state index contributed by atoms with van der Waals surface area (Å²) in [4.78, 5) is 8.21. The first-order valence-corrected chi connectivity index (χ1v) is 6.82. The maximum atomic E-state index is 9.81. The van der Waals surface area contributed by atoms with Crippen LogP contribution in [0.15, 0.2) is 35.0 Å². The molecule has 3 rings (SSSR count). The summed E-state index contributed by atoms with van der Waals surface area (Å²) in [5, 5.41) is 14.7. The lowest BCUT2D eigenvalue weighted by molar-refractivity contribution is 0.425. The molecule has 8 heteroatoms. The molecule has 0 atom stereocenters. The van der Waals surface area contributed by atoms with Crippen molar-refractivity contribution in [2.24, 2.45) is 0 Å². The van der Waals surface area contributed by atoms with Gasteiger partial charge in [0.05, 0.1) is 15.6 Å². The van der Waals surface area contributed by atoms with Crippen LogP contribution in [0.2, 0.25) is 15.1 Å². The van der Waals surface area contributed by atoms with Crippen molar-refractivity contribution >= 4 is 34.8 Å². The number of aromatic nitrogens is 3. The van der Waals surface area contributed by atoms with Gasteiger partial charge in [-0.1, -0.05) is 40.0 Å². The molecule has 0 aliphatic carbocycles. The van der Waals surface area contributed by atoms with Crippen molar-refractivity contribution < 1.29 is 9.63 Å². The molecule has 2 heterocycles. The van der Waals surface area contributed by atoms with E-state index in [1.165, 1.54) is 24.4 Å². The Morgan fingerprint density at radius 3 is 2.62 bits per heavy atom. The quantitative estimate of drug-likeness (QED) is 0.744. The third-order valence-corrected chi connectivity index (χ3v) is 3.36. The summed E-state index contributed by atoms with van der Waals surface area (Å²) in [7, 11) is 0. The van der Waals surface area contributed by atoms with E-state index in [1.54, 1.807) is 6.07 Å².